The van der Waals surface area contributed by atoms with E-state index in [1.165, 1.54) is 44.9 Å². The van der Waals surface area contributed by atoms with Crippen molar-refractivity contribution in [3.05, 3.63) is 11.6 Å². The molecule has 21 heavy (non-hydrogen) atoms. The third-order valence-corrected chi connectivity index (χ3v) is 7.50. The van der Waals surface area contributed by atoms with Crippen molar-refractivity contribution in [2.75, 3.05) is 6.61 Å². The molecule has 0 heterocycles. The van der Waals surface area contributed by atoms with Crippen LogP contribution >= 0.6 is 0 Å². The van der Waals surface area contributed by atoms with E-state index in [4.69, 9.17) is 0 Å². The summed E-state index contributed by atoms with van der Waals surface area (Å²) in [6.45, 7) is 10.0. The average Bonchev–Trinajstić information content (AvgIpc) is 2.46. The second-order valence-corrected chi connectivity index (χ2v) is 9.04. The molecule has 0 aromatic rings. The van der Waals surface area contributed by atoms with Gasteiger partial charge in [-0.25, -0.2) is 0 Å². The molecule has 0 aromatic carbocycles. The van der Waals surface area contributed by atoms with Crippen molar-refractivity contribution in [2.45, 2.75) is 72.6 Å². The molecule has 0 aliphatic heterocycles. The Morgan fingerprint density at radius 1 is 1.19 bits per heavy atom. The van der Waals surface area contributed by atoms with Crippen molar-refractivity contribution in [2.24, 2.45) is 34.5 Å². The number of aliphatic hydroxyl groups is 1. The Hall–Kier alpha value is -0.300. The summed E-state index contributed by atoms with van der Waals surface area (Å²) in [5.74, 6) is 3.13. The molecule has 5 atom stereocenters. The van der Waals surface area contributed by atoms with Crippen molar-refractivity contribution in [1.82, 2.24) is 0 Å². The van der Waals surface area contributed by atoms with Gasteiger partial charge in [0.05, 0.1) is 0 Å². The predicted octanol–water partition coefficient (Wildman–Crippen LogP) is 5.19. The van der Waals surface area contributed by atoms with E-state index in [1.54, 1.807) is 5.57 Å². The van der Waals surface area contributed by atoms with Crippen LogP contribution in [-0.2, 0) is 0 Å². The number of hydrogen-bond donors (Lipinski definition) is 1. The summed E-state index contributed by atoms with van der Waals surface area (Å²) in [6.07, 6.45) is 11.9. The van der Waals surface area contributed by atoms with Gasteiger partial charge >= 0.3 is 0 Å². The van der Waals surface area contributed by atoms with Gasteiger partial charge in [-0.1, -0.05) is 45.8 Å². The van der Waals surface area contributed by atoms with Crippen LogP contribution in [0.15, 0.2) is 11.6 Å². The minimum atomic E-state index is 0.174. The quantitative estimate of drug-likeness (QED) is 0.694. The largest absolute Gasteiger partial charge is 0.396 e. The molecule has 2 saturated carbocycles. The molecule has 2 fully saturated rings. The van der Waals surface area contributed by atoms with Gasteiger partial charge in [-0.05, 0) is 73.0 Å². The smallest absolute Gasteiger partial charge is 0.0487 e. The summed E-state index contributed by atoms with van der Waals surface area (Å²) in [6, 6.07) is 0. The van der Waals surface area contributed by atoms with E-state index >= 15 is 0 Å². The summed E-state index contributed by atoms with van der Waals surface area (Å²) in [7, 11) is 0. The molecular formula is C20H34O. The molecule has 3 rings (SSSR count). The summed E-state index contributed by atoms with van der Waals surface area (Å²) in [5, 5.41) is 10.00. The van der Waals surface area contributed by atoms with Crippen LogP contribution in [0, 0.1) is 34.5 Å². The maximum Gasteiger partial charge on any atom is 0.0487 e. The first-order valence-corrected chi connectivity index (χ1v) is 9.22. The monoisotopic (exact) mass is 290 g/mol. The highest BCUT2D eigenvalue weighted by Gasteiger charge is 2.54. The van der Waals surface area contributed by atoms with Gasteiger partial charge in [0, 0.05) is 6.61 Å². The van der Waals surface area contributed by atoms with Gasteiger partial charge in [0.1, 0.15) is 0 Å². The molecule has 3 aliphatic carbocycles. The third-order valence-electron chi connectivity index (χ3n) is 7.50. The molecule has 0 bridgehead atoms. The standard InChI is InChI=1S/C20H34O/c1-14(2)15-6-8-17-16(12-15)7-9-18-19(3,13-21)10-5-11-20(17,18)4/h12,14-15,17-18,21H,5-11,13H2,1-4H3/t15-,17-,18+,19+,20-/m1/s1. The van der Waals surface area contributed by atoms with E-state index in [0.29, 0.717) is 12.0 Å². The zero-order valence-corrected chi connectivity index (χ0v) is 14.5. The van der Waals surface area contributed by atoms with Gasteiger partial charge in [-0.15, -0.1) is 0 Å². The van der Waals surface area contributed by atoms with Crippen LogP contribution in [0.5, 0.6) is 0 Å². The van der Waals surface area contributed by atoms with Gasteiger partial charge < -0.3 is 5.11 Å². The highest BCUT2D eigenvalue weighted by Crippen LogP contribution is 2.63. The first kappa shape index (κ1) is 15.6. The minimum absolute atomic E-state index is 0.174. The van der Waals surface area contributed by atoms with Crippen molar-refractivity contribution in [3.8, 4) is 0 Å². The molecule has 0 aromatic heterocycles. The number of hydrogen-bond acceptors (Lipinski definition) is 1. The zero-order chi connectivity index (χ0) is 15.3. The van der Waals surface area contributed by atoms with Crippen LogP contribution in [0.25, 0.3) is 0 Å². The summed E-state index contributed by atoms with van der Waals surface area (Å²) in [5.41, 5.74) is 2.40. The van der Waals surface area contributed by atoms with Crippen LogP contribution in [0.3, 0.4) is 0 Å². The Morgan fingerprint density at radius 3 is 2.62 bits per heavy atom. The van der Waals surface area contributed by atoms with E-state index in [-0.39, 0.29) is 5.41 Å². The highest BCUT2D eigenvalue weighted by molar-refractivity contribution is 5.22. The lowest BCUT2D eigenvalue weighted by Gasteiger charge is -2.59. The molecule has 0 saturated heterocycles. The van der Waals surface area contributed by atoms with E-state index in [1.807, 2.05) is 0 Å². The van der Waals surface area contributed by atoms with E-state index in [2.05, 4.69) is 33.8 Å². The van der Waals surface area contributed by atoms with Gasteiger partial charge in [-0.2, -0.15) is 0 Å². The Morgan fingerprint density at radius 2 is 1.95 bits per heavy atom. The fraction of sp³-hybridized carbons (Fsp3) is 0.900. The fourth-order valence-corrected chi connectivity index (χ4v) is 6.17. The SMILES string of the molecule is CC(C)[C@H]1C=C2CC[C@H]3[C@](C)(CO)CCC[C@]3(C)[C@@H]2CC1. The van der Waals surface area contributed by atoms with E-state index < -0.39 is 0 Å². The Labute approximate surface area is 131 Å². The molecule has 0 radical (unpaired) electrons. The maximum atomic E-state index is 10.00. The number of rotatable bonds is 2. The van der Waals surface area contributed by atoms with Crippen molar-refractivity contribution < 1.29 is 5.11 Å². The summed E-state index contributed by atoms with van der Waals surface area (Å²) >= 11 is 0. The van der Waals surface area contributed by atoms with Crippen LogP contribution in [0.1, 0.15) is 72.6 Å². The molecule has 0 amide bonds. The molecule has 1 nitrogen and oxygen atoms in total. The highest BCUT2D eigenvalue weighted by atomic mass is 16.3. The average molecular weight is 290 g/mol. The third kappa shape index (κ3) is 2.40. The van der Waals surface area contributed by atoms with Crippen LogP contribution in [0.2, 0.25) is 0 Å². The van der Waals surface area contributed by atoms with Crippen LogP contribution < -0.4 is 0 Å². The second kappa shape index (κ2) is 5.41. The number of aliphatic hydroxyl groups excluding tert-OH is 1. The normalized spacial score (nSPS) is 46.8. The first-order valence-electron chi connectivity index (χ1n) is 9.22. The lowest BCUT2D eigenvalue weighted by molar-refractivity contribution is -0.0888. The van der Waals surface area contributed by atoms with E-state index in [9.17, 15) is 5.11 Å². The molecule has 120 valence electrons. The molecule has 1 N–H and O–H groups in total. The molecule has 3 aliphatic rings. The fourth-order valence-electron chi connectivity index (χ4n) is 6.17. The summed E-state index contributed by atoms with van der Waals surface area (Å²) in [4.78, 5) is 0. The lowest BCUT2D eigenvalue weighted by atomic mass is 9.45. The van der Waals surface area contributed by atoms with Crippen LogP contribution in [-0.4, -0.2) is 11.7 Å². The Balaban J connectivity index is 1.91. The molecule has 1 heteroatoms. The van der Waals surface area contributed by atoms with Crippen molar-refractivity contribution in [3.63, 3.8) is 0 Å². The maximum absolute atomic E-state index is 10.00. The number of fused-ring (bicyclic) bond motifs is 3. The number of allylic oxidation sites excluding steroid dienone is 2. The van der Waals surface area contributed by atoms with Gasteiger partial charge in [0.2, 0.25) is 0 Å². The topological polar surface area (TPSA) is 20.2 Å². The van der Waals surface area contributed by atoms with E-state index in [0.717, 1.165) is 23.7 Å². The molecule has 0 spiro atoms. The zero-order valence-electron chi connectivity index (χ0n) is 14.5. The predicted molar refractivity (Wildman–Crippen MR) is 89.0 cm³/mol. The second-order valence-electron chi connectivity index (χ2n) is 9.04. The Bertz CT molecular complexity index is 424. The molecule has 0 unspecified atom stereocenters. The van der Waals surface area contributed by atoms with Crippen molar-refractivity contribution >= 4 is 0 Å². The van der Waals surface area contributed by atoms with Crippen molar-refractivity contribution in [1.29, 1.82) is 0 Å². The minimum Gasteiger partial charge on any atom is -0.396 e. The van der Waals surface area contributed by atoms with Gasteiger partial charge in [-0.3, -0.25) is 0 Å². The van der Waals surface area contributed by atoms with Gasteiger partial charge in [0.15, 0.2) is 0 Å². The Kier molecular flexibility index (Phi) is 4.01. The van der Waals surface area contributed by atoms with Crippen LogP contribution in [0.4, 0.5) is 0 Å². The molecular weight excluding hydrogens is 256 g/mol. The first-order chi connectivity index (χ1) is 9.90. The lowest BCUT2D eigenvalue weighted by Crippen LogP contribution is -2.52. The van der Waals surface area contributed by atoms with Gasteiger partial charge in [0.25, 0.3) is 0 Å². The summed E-state index contributed by atoms with van der Waals surface area (Å²) < 4.78 is 0.